The molecule has 134 valence electrons. The van der Waals surface area contributed by atoms with Crippen LogP contribution in [0, 0.1) is 6.92 Å². The fraction of sp³-hybridized carbons (Fsp3) is 0.294. The van der Waals surface area contributed by atoms with Crippen molar-refractivity contribution in [3.8, 4) is 5.75 Å². The van der Waals surface area contributed by atoms with E-state index in [-0.39, 0.29) is 12.3 Å². The van der Waals surface area contributed by atoms with Crippen LogP contribution in [0.1, 0.15) is 28.1 Å². The van der Waals surface area contributed by atoms with Gasteiger partial charge < -0.3 is 14.8 Å². The third kappa shape index (κ3) is 5.63. The van der Waals surface area contributed by atoms with Gasteiger partial charge in [0.2, 0.25) is 5.91 Å². The molecule has 8 heteroatoms. The number of aryl methyl sites for hydroxylation is 1. The molecule has 0 radical (unpaired) electrons. The number of ether oxygens (including phenoxy) is 2. The number of amides is 1. The SMILES string of the molecule is COC(=O)c1cc(C)sc1NC(=O)CCCOc1ccc(Cl)cc1Cl. The highest BCUT2D eigenvalue weighted by molar-refractivity contribution is 7.16. The summed E-state index contributed by atoms with van der Waals surface area (Å²) in [6, 6.07) is 6.65. The highest BCUT2D eigenvalue weighted by Gasteiger charge is 2.17. The summed E-state index contributed by atoms with van der Waals surface area (Å²) in [6.45, 7) is 2.19. The van der Waals surface area contributed by atoms with Crippen LogP contribution in [0.2, 0.25) is 10.0 Å². The number of hydrogen-bond donors (Lipinski definition) is 1. The fourth-order valence-electron chi connectivity index (χ4n) is 2.06. The first-order chi connectivity index (χ1) is 11.9. The summed E-state index contributed by atoms with van der Waals surface area (Å²) in [7, 11) is 1.31. The first kappa shape index (κ1) is 19.6. The Balaban J connectivity index is 1.82. The Morgan fingerprint density at radius 3 is 2.68 bits per heavy atom. The summed E-state index contributed by atoms with van der Waals surface area (Å²) in [5, 5.41) is 4.20. The Morgan fingerprint density at radius 2 is 2.00 bits per heavy atom. The number of carbonyl (C=O) groups excluding carboxylic acids is 2. The van der Waals surface area contributed by atoms with E-state index in [4.69, 9.17) is 32.7 Å². The molecule has 0 aliphatic heterocycles. The topological polar surface area (TPSA) is 64.6 Å². The second kappa shape index (κ2) is 9.08. The first-order valence-corrected chi connectivity index (χ1v) is 9.04. The van der Waals surface area contributed by atoms with Gasteiger partial charge in [0.25, 0.3) is 0 Å². The number of methoxy groups -OCH3 is 1. The number of halogens is 2. The van der Waals surface area contributed by atoms with Crippen molar-refractivity contribution in [1.29, 1.82) is 0 Å². The van der Waals surface area contributed by atoms with Crippen LogP contribution in [0.3, 0.4) is 0 Å². The standard InChI is InChI=1S/C17H17Cl2NO4S/c1-10-8-12(17(22)23-2)16(25-10)20-15(21)4-3-7-24-14-6-5-11(18)9-13(14)19/h5-6,8-9H,3-4,7H2,1-2H3,(H,20,21). The summed E-state index contributed by atoms with van der Waals surface area (Å²) in [5.41, 5.74) is 0.363. The highest BCUT2D eigenvalue weighted by Crippen LogP contribution is 2.29. The molecule has 0 atom stereocenters. The average molecular weight is 402 g/mol. The van der Waals surface area contributed by atoms with Crippen molar-refractivity contribution in [2.24, 2.45) is 0 Å². The molecule has 25 heavy (non-hydrogen) atoms. The molecule has 0 fully saturated rings. The molecule has 0 unspecified atom stereocenters. The van der Waals surface area contributed by atoms with Crippen LogP contribution in [-0.4, -0.2) is 25.6 Å². The van der Waals surface area contributed by atoms with Crippen molar-refractivity contribution in [2.45, 2.75) is 19.8 Å². The van der Waals surface area contributed by atoms with E-state index in [0.29, 0.717) is 39.4 Å². The predicted octanol–water partition coefficient (Wildman–Crippen LogP) is 4.95. The molecule has 0 aliphatic rings. The number of benzene rings is 1. The number of rotatable bonds is 7. The Labute approximate surface area is 159 Å². The molecule has 0 saturated carbocycles. The lowest BCUT2D eigenvalue weighted by Crippen LogP contribution is -2.14. The second-order valence-electron chi connectivity index (χ2n) is 5.17. The number of hydrogen-bond acceptors (Lipinski definition) is 5. The zero-order valence-electron chi connectivity index (χ0n) is 13.7. The zero-order chi connectivity index (χ0) is 18.4. The van der Waals surface area contributed by atoms with Crippen LogP contribution in [0.25, 0.3) is 0 Å². The van der Waals surface area contributed by atoms with Gasteiger partial charge in [0.1, 0.15) is 10.8 Å². The quantitative estimate of drug-likeness (QED) is 0.526. The molecular weight excluding hydrogens is 385 g/mol. The molecule has 0 spiro atoms. The van der Waals surface area contributed by atoms with E-state index in [1.165, 1.54) is 18.4 Å². The maximum atomic E-state index is 12.1. The minimum Gasteiger partial charge on any atom is -0.492 e. The van der Waals surface area contributed by atoms with Crippen molar-refractivity contribution < 1.29 is 19.1 Å². The van der Waals surface area contributed by atoms with Crippen molar-refractivity contribution in [1.82, 2.24) is 0 Å². The van der Waals surface area contributed by atoms with Crippen molar-refractivity contribution in [3.63, 3.8) is 0 Å². The maximum absolute atomic E-state index is 12.1. The first-order valence-electron chi connectivity index (χ1n) is 7.47. The molecule has 5 nitrogen and oxygen atoms in total. The second-order valence-corrected chi connectivity index (χ2v) is 7.27. The van der Waals surface area contributed by atoms with E-state index < -0.39 is 5.97 Å². The third-order valence-corrected chi connectivity index (χ3v) is 4.71. The van der Waals surface area contributed by atoms with E-state index in [1.807, 2.05) is 6.92 Å². The lowest BCUT2D eigenvalue weighted by atomic mass is 10.2. The monoisotopic (exact) mass is 401 g/mol. The van der Waals surface area contributed by atoms with Crippen LogP contribution >= 0.6 is 34.5 Å². The molecular formula is C17H17Cl2NO4S. The predicted molar refractivity (Wildman–Crippen MR) is 100 cm³/mol. The molecule has 0 aliphatic carbocycles. The summed E-state index contributed by atoms with van der Waals surface area (Å²) in [6.07, 6.45) is 0.755. The number of thiophene rings is 1. The van der Waals surface area contributed by atoms with Gasteiger partial charge in [-0.15, -0.1) is 11.3 Å². The Bertz CT molecular complexity index is 776. The Kier molecular flexibility index (Phi) is 7.11. The summed E-state index contributed by atoms with van der Waals surface area (Å²) in [4.78, 5) is 24.7. The molecule has 1 amide bonds. The number of anilines is 1. The number of esters is 1. The van der Waals surface area contributed by atoms with Gasteiger partial charge in [-0.05, 0) is 37.6 Å². The van der Waals surface area contributed by atoms with E-state index in [0.717, 1.165) is 4.88 Å². The zero-order valence-corrected chi connectivity index (χ0v) is 16.1. The Morgan fingerprint density at radius 1 is 1.24 bits per heavy atom. The maximum Gasteiger partial charge on any atom is 0.340 e. The van der Waals surface area contributed by atoms with E-state index >= 15 is 0 Å². The Hall–Kier alpha value is -1.76. The van der Waals surface area contributed by atoms with Gasteiger partial charge >= 0.3 is 5.97 Å². The molecule has 0 saturated heterocycles. The largest absolute Gasteiger partial charge is 0.492 e. The molecule has 0 bridgehead atoms. The molecule has 2 rings (SSSR count). The minimum absolute atomic E-state index is 0.196. The van der Waals surface area contributed by atoms with E-state index in [2.05, 4.69) is 5.32 Å². The number of carbonyl (C=O) groups is 2. The third-order valence-electron chi connectivity index (χ3n) is 3.21. The molecule has 1 heterocycles. The highest BCUT2D eigenvalue weighted by atomic mass is 35.5. The lowest BCUT2D eigenvalue weighted by Gasteiger charge is -2.08. The fourth-order valence-corrected chi connectivity index (χ4v) is 3.44. The van der Waals surface area contributed by atoms with Crippen LogP contribution in [0.5, 0.6) is 5.75 Å². The van der Waals surface area contributed by atoms with Crippen LogP contribution in [0.15, 0.2) is 24.3 Å². The molecule has 1 N–H and O–H groups in total. The van der Waals surface area contributed by atoms with Gasteiger partial charge in [-0.3, -0.25) is 4.79 Å². The van der Waals surface area contributed by atoms with E-state index in [1.54, 1.807) is 24.3 Å². The van der Waals surface area contributed by atoms with Crippen molar-refractivity contribution in [3.05, 3.63) is 44.8 Å². The normalized spacial score (nSPS) is 10.4. The van der Waals surface area contributed by atoms with Gasteiger partial charge in [-0.1, -0.05) is 23.2 Å². The summed E-state index contributed by atoms with van der Waals surface area (Å²) < 4.78 is 10.2. The number of nitrogens with one attached hydrogen (secondary N) is 1. The van der Waals surface area contributed by atoms with E-state index in [9.17, 15) is 9.59 Å². The van der Waals surface area contributed by atoms with Gasteiger partial charge in [-0.25, -0.2) is 4.79 Å². The lowest BCUT2D eigenvalue weighted by molar-refractivity contribution is -0.116. The van der Waals surface area contributed by atoms with Crippen molar-refractivity contribution >= 4 is 51.4 Å². The van der Waals surface area contributed by atoms with Crippen molar-refractivity contribution in [2.75, 3.05) is 19.0 Å². The van der Waals surface area contributed by atoms with Gasteiger partial charge in [0, 0.05) is 16.3 Å². The van der Waals surface area contributed by atoms with Crippen LogP contribution < -0.4 is 10.1 Å². The smallest absolute Gasteiger partial charge is 0.340 e. The minimum atomic E-state index is -0.472. The summed E-state index contributed by atoms with van der Waals surface area (Å²) in [5.74, 6) is -0.147. The summed E-state index contributed by atoms with van der Waals surface area (Å²) >= 11 is 13.2. The van der Waals surface area contributed by atoms with Gasteiger partial charge in [0.05, 0.1) is 24.3 Å². The van der Waals surface area contributed by atoms with Crippen LogP contribution in [-0.2, 0) is 9.53 Å². The van der Waals surface area contributed by atoms with Gasteiger partial charge in [0.15, 0.2) is 0 Å². The molecule has 1 aromatic heterocycles. The molecule has 2 aromatic rings. The molecule has 1 aromatic carbocycles. The van der Waals surface area contributed by atoms with Gasteiger partial charge in [-0.2, -0.15) is 0 Å². The van der Waals surface area contributed by atoms with Crippen LogP contribution in [0.4, 0.5) is 5.00 Å². The average Bonchev–Trinajstić information content (AvgIpc) is 2.92.